The molecule has 156 valence electrons. The normalized spacial score (nSPS) is 16.4. The minimum atomic E-state index is -0.376. The predicted octanol–water partition coefficient (Wildman–Crippen LogP) is 3.83. The molecule has 8 heteroatoms. The molecular weight excluding hydrogens is 483 g/mol. The number of ether oxygens (including phenoxy) is 1. The highest BCUT2D eigenvalue weighted by Crippen LogP contribution is 2.18. The van der Waals surface area contributed by atoms with Crippen LogP contribution in [0.3, 0.4) is 0 Å². The van der Waals surface area contributed by atoms with E-state index in [2.05, 4.69) is 27.3 Å². The molecule has 0 spiro atoms. The molecule has 1 atom stereocenters. The van der Waals surface area contributed by atoms with Gasteiger partial charge in [0.05, 0.1) is 18.1 Å². The summed E-state index contributed by atoms with van der Waals surface area (Å²) in [5, 5.41) is 14.2. The van der Waals surface area contributed by atoms with Crippen molar-refractivity contribution in [2.24, 2.45) is 10.9 Å². The van der Waals surface area contributed by atoms with Crippen molar-refractivity contribution in [3.05, 3.63) is 75.8 Å². The highest BCUT2D eigenvalue weighted by molar-refractivity contribution is 14.0. The summed E-state index contributed by atoms with van der Waals surface area (Å²) in [6, 6.07) is 16.8. The Morgan fingerprint density at radius 3 is 2.72 bits per heavy atom. The number of halogens is 1. The standard InChI is InChI=1S/C21H26N4O3.HI/c1-22-21(23-13-18-8-5-9-20(12-18)25(26)27)24-11-10-19(14-24)16-28-15-17-6-3-2-4-7-17;/h2-9,12,19H,10-11,13-16H2,1H3,(H,22,23);1H. The van der Waals surface area contributed by atoms with Gasteiger partial charge in [0.2, 0.25) is 0 Å². The largest absolute Gasteiger partial charge is 0.376 e. The number of non-ortho nitro benzene ring substituents is 1. The lowest BCUT2D eigenvalue weighted by molar-refractivity contribution is -0.384. The van der Waals surface area contributed by atoms with Gasteiger partial charge < -0.3 is 15.0 Å². The molecule has 2 aromatic carbocycles. The molecule has 1 N–H and O–H groups in total. The van der Waals surface area contributed by atoms with Crippen LogP contribution in [0.5, 0.6) is 0 Å². The number of rotatable bonds is 7. The number of hydrogen-bond acceptors (Lipinski definition) is 4. The van der Waals surface area contributed by atoms with Crippen molar-refractivity contribution in [3.63, 3.8) is 0 Å². The fraction of sp³-hybridized carbons (Fsp3) is 0.381. The zero-order valence-corrected chi connectivity index (χ0v) is 18.8. The quantitative estimate of drug-likeness (QED) is 0.202. The van der Waals surface area contributed by atoms with E-state index in [0.29, 0.717) is 19.1 Å². The van der Waals surface area contributed by atoms with E-state index in [0.717, 1.165) is 37.6 Å². The van der Waals surface area contributed by atoms with Crippen LogP contribution in [0.4, 0.5) is 5.69 Å². The van der Waals surface area contributed by atoms with Gasteiger partial charge in [0.1, 0.15) is 0 Å². The summed E-state index contributed by atoms with van der Waals surface area (Å²) in [7, 11) is 1.76. The van der Waals surface area contributed by atoms with E-state index < -0.39 is 0 Å². The van der Waals surface area contributed by atoms with Crippen LogP contribution in [-0.2, 0) is 17.9 Å². The SMILES string of the molecule is CN=C(NCc1cccc([N+](=O)[O-])c1)N1CCC(COCc2ccccc2)C1.I. The van der Waals surface area contributed by atoms with Crippen molar-refractivity contribution in [1.82, 2.24) is 10.2 Å². The molecule has 1 aliphatic heterocycles. The zero-order valence-electron chi connectivity index (χ0n) is 16.5. The third kappa shape index (κ3) is 6.97. The van der Waals surface area contributed by atoms with E-state index in [4.69, 9.17) is 4.74 Å². The van der Waals surface area contributed by atoms with Crippen LogP contribution in [0.15, 0.2) is 59.6 Å². The van der Waals surface area contributed by atoms with E-state index in [1.165, 1.54) is 11.6 Å². The molecule has 3 rings (SSSR count). The molecule has 2 aromatic rings. The van der Waals surface area contributed by atoms with Gasteiger partial charge >= 0.3 is 0 Å². The van der Waals surface area contributed by atoms with Crippen molar-refractivity contribution >= 4 is 35.6 Å². The van der Waals surface area contributed by atoms with Gasteiger partial charge in [-0.2, -0.15) is 0 Å². The molecule has 29 heavy (non-hydrogen) atoms. The van der Waals surface area contributed by atoms with Gasteiger partial charge in [-0.25, -0.2) is 0 Å². The fourth-order valence-electron chi connectivity index (χ4n) is 3.37. The molecule has 7 nitrogen and oxygen atoms in total. The highest BCUT2D eigenvalue weighted by atomic mass is 127. The predicted molar refractivity (Wildman–Crippen MR) is 124 cm³/mol. The average Bonchev–Trinajstić information content (AvgIpc) is 3.18. The first-order valence-corrected chi connectivity index (χ1v) is 9.46. The first-order valence-electron chi connectivity index (χ1n) is 9.46. The molecule has 0 aliphatic carbocycles. The number of benzene rings is 2. The van der Waals surface area contributed by atoms with Crippen molar-refractivity contribution < 1.29 is 9.66 Å². The number of likely N-dealkylation sites (tertiary alicyclic amines) is 1. The molecule has 1 fully saturated rings. The van der Waals surface area contributed by atoms with E-state index in [-0.39, 0.29) is 34.6 Å². The second kappa shape index (κ2) is 11.7. The molecule has 1 aliphatic rings. The van der Waals surface area contributed by atoms with Crippen LogP contribution < -0.4 is 5.32 Å². The summed E-state index contributed by atoms with van der Waals surface area (Å²) in [5.74, 6) is 1.29. The van der Waals surface area contributed by atoms with Crippen molar-refractivity contribution in [1.29, 1.82) is 0 Å². The lowest BCUT2D eigenvalue weighted by atomic mass is 10.1. The maximum atomic E-state index is 10.9. The Morgan fingerprint density at radius 2 is 2.00 bits per heavy atom. The highest BCUT2D eigenvalue weighted by Gasteiger charge is 2.25. The number of guanidine groups is 1. The minimum Gasteiger partial charge on any atom is -0.376 e. The summed E-state index contributed by atoms with van der Waals surface area (Å²) in [4.78, 5) is 17.1. The van der Waals surface area contributed by atoms with Crippen molar-refractivity contribution in [2.45, 2.75) is 19.6 Å². The number of nitro groups is 1. The van der Waals surface area contributed by atoms with E-state index in [9.17, 15) is 10.1 Å². The van der Waals surface area contributed by atoms with Crippen molar-refractivity contribution in [3.8, 4) is 0 Å². The lowest BCUT2D eigenvalue weighted by Crippen LogP contribution is -2.39. The molecule has 1 unspecified atom stereocenters. The van der Waals surface area contributed by atoms with Crippen LogP contribution in [0, 0.1) is 16.0 Å². The second-order valence-electron chi connectivity index (χ2n) is 6.93. The third-order valence-corrected chi connectivity index (χ3v) is 4.83. The van der Waals surface area contributed by atoms with Gasteiger partial charge in [-0.05, 0) is 17.5 Å². The molecule has 0 bridgehead atoms. The first kappa shape index (κ1) is 23.1. The van der Waals surface area contributed by atoms with Gasteiger partial charge in [-0.15, -0.1) is 24.0 Å². The van der Waals surface area contributed by atoms with Crippen LogP contribution in [-0.4, -0.2) is 42.5 Å². The Hall–Kier alpha value is -2.20. The topological polar surface area (TPSA) is 80.0 Å². The fourth-order valence-corrected chi connectivity index (χ4v) is 3.37. The summed E-state index contributed by atoms with van der Waals surface area (Å²) in [6.07, 6.45) is 1.06. The van der Waals surface area contributed by atoms with Crippen LogP contribution in [0.25, 0.3) is 0 Å². The number of nitrogens with zero attached hydrogens (tertiary/aromatic N) is 3. The van der Waals surface area contributed by atoms with Gasteiger partial charge in [-0.1, -0.05) is 42.5 Å². The molecule has 0 amide bonds. The number of nitrogens with one attached hydrogen (secondary N) is 1. The summed E-state index contributed by atoms with van der Waals surface area (Å²) in [5.41, 5.74) is 2.15. The van der Waals surface area contributed by atoms with Crippen LogP contribution in [0.1, 0.15) is 17.5 Å². The molecule has 1 heterocycles. The maximum absolute atomic E-state index is 10.9. The van der Waals surface area contributed by atoms with Crippen molar-refractivity contribution in [2.75, 3.05) is 26.7 Å². The Kier molecular flexibility index (Phi) is 9.33. The molecular formula is C21H27IN4O3. The first-order chi connectivity index (χ1) is 13.7. The number of nitro benzene ring substituents is 1. The lowest BCUT2D eigenvalue weighted by Gasteiger charge is -2.21. The zero-order chi connectivity index (χ0) is 19.8. The summed E-state index contributed by atoms with van der Waals surface area (Å²) >= 11 is 0. The van der Waals surface area contributed by atoms with Crippen LogP contribution in [0.2, 0.25) is 0 Å². The van der Waals surface area contributed by atoms with Crippen LogP contribution >= 0.6 is 24.0 Å². The summed E-state index contributed by atoms with van der Waals surface area (Å²) in [6.45, 7) is 3.68. The Labute approximate surface area is 188 Å². The van der Waals surface area contributed by atoms with Gasteiger partial charge in [0, 0.05) is 44.7 Å². The average molecular weight is 510 g/mol. The summed E-state index contributed by atoms with van der Waals surface area (Å²) < 4.78 is 5.88. The minimum absolute atomic E-state index is 0. The third-order valence-electron chi connectivity index (χ3n) is 4.83. The van der Waals surface area contributed by atoms with Gasteiger partial charge in [-0.3, -0.25) is 15.1 Å². The maximum Gasteiger partial charge on any atom is 0.269 e. The van der Waals surface area contributed by atoms with E-state index in [1.54, 1.807) is 19.2 Å². The van der Waals surface area contributed by atoms with Gasteiger partial charge in [0.15, 0.2) is 5.96 Å². The second-order valence-corrected chi connectivity index (χ2v) is 6.93. The smallest absolute Gasteiger partial charge is 0.269 e. The Balaban J connectivity index is 0.00000300. The number of hydrogen-bond donors (Lipinski definition) is 1. The Bertz CT molecular complexity index is 817. The monoisotopic (exact) mass is 510 g/mol. The molecule has 1 saturated heterocycles. The van der Waals surface area contributed by atoms with E-state index in [1.807, 2.05) is 24.3 Å². The van der Waals surface area contributed by atoms with Gasteiger partial charge in [0.25, 0.3) is 5.69 Å². The number of aliphatic imine (C=N–C) groups is 1. The Morgan fingerprint density at radius 1 is 1.24 bits per heavy atom. The molecule has 0 aromatic heterocycles. The van der Waals surface area contributed by atoms with E-state index >= 15 is 0 Å². The molecule has 0 radical (unpaired) electrons. The molecule has 0 saturated carbocycles.